The van der Waals surface area contributed by atoms with Gasteiger partial charge in [-0.25, -0.2) is 4.98 Å². The number of hydrogen-bond acceptors (Lipinski definition) is 5. The molecule has 8 heteroatoms. The molecule has 0 saturated carbocycles. The third kappa shape index (κ3) is 2.73. The van der Waals surface area contributed by atoms with Gasteiger partial charge in [0.05, 0.1) is 11.9 Å². The molecule has 1 aromatic heterocycles. The first kappa shape index (κ1) is 13.2. The molecule has 1 aliphatic rings. The minimum Gasteiger partial charge on any atom is -0.395 e. The van der Waals surface area contributed by atoms with Gasteiger partial charge in [-0.3, -0.25) is 9.78 Å². The van der Waals surface area contributed by atoms with Crippen molar-refractivity contribution in [2.75, 3.05) is 5.32 Å². The number of nitrogens with zero attached hydrogens (tertiary/aromatic N) is 2. The van der Waals surface area contributed by atoms with Gasteiger partial charge in [-0.1, -0.05) is 0 Å². The van der Waals surface area contributed by atoms with Crippen LogP contribution in [0.1, 0.15) is 16.2 Å². The summed E-state index contributed by atoms with van der Waals surface area (Å²) in [6.07, 6.45) is -0.908. The number of ether oxygens (including phenoxy) is 2. The zero-order valence-corrected chi connectivity index (χ0v) is 10.8. The van der Waals surface area contributed by atoms with Crippen LogP contribution in [-0.4, -0.2) is 22.2 Å². The summed E-state index contributed by atoms with van der Waals surface area (Å²) in [6, 6.07) is 3.95. The highest BCUT2D eigenvalue weighted by Crippen LogP contribution is 2.42. The van der Waals surface area contributed by atoms with Gasteiger partial charge in [0.15, 0.2) is 11.5 Å². The summed E-state index contributed by atoms with van der Waals surface area (Å²) in [5.74, 6) is -0.742. The van der Waals surface area contributed by atoms with Crippen molar-refractivity contribution in [1.82, 2.24) is 9.97 Å². The van der Waals surface area contributed by atoms with Gasteiger partial charge >= 0.3 is 6.29 Å². The minimum atomic E-state index is -3.69. The van der Waals surface area contributed by atoms with E-state index in [4.69, 9.17) is 0 Å². The van der Waals surface area contributed by atoms with Crippen LogP contribution >= 0.6 is 0 Å². The molecule has 21 heavy (non-hydrogen) atoms. The van der Waals surface area contributed by atoms with E-state index in [0.717, 1.165) is 0 Å². The molecule has 1 aromatic carbocycles. The van der Waals surface area contributed by atoms with Crippen LogP contribution in [0.5, 0.6) is 11.5 Å². The van der Waals surface area contributed by atoms with E-state index in [9.17, 15) is 13.6 Å². The molecule has 1 amide bonds. The van der Waals surface area contributed by atoms with Crippen LogP contribution in [-0.2, 0) is 0 Å². The van der Waals surface area contributed by atoms with Crippen LogP contribution in [0.4, 0.5) is 14.5 Å². The lowest BCUT2D eigenvalue weighted by atomic mass is 10.2. The van der Waals surface area contributed by atoms with Crippen molar-refractivity contribution < 1.29 is 23.0 Å². The van der Waals surface area contributed by atoms with Crippen molar-refractivity contribution in [3.05, 3.63) is 42.0 Å². The summed E-state index contributed by atoms with van der Waals surface area (Å²) < 4.78 is 34.3. The minimum absolute atomic E-state index is 0.0897. The molecular formula is C13H9F2N3O3. The Labute approximate surface area is 117 Å². The highest BCUT2D eigenvalue weighted by molar-refractivity contribution is 6.02. The molecule has 6 nitrogen and oxygen atoms in total. The number of fused-ring (bicyclic) bond motifs is 1. The average molecular weight is 293 g/mol. The van der Waals surface area contributed by atoms with Crippen molar-refractivity contribution in [3.8, 4) is 11.5 Å². The standard InChI is InChI=1S/C13H9F2N3O3/c1-7-5-17-9(6-16-7)12(19)18-8-2-3-10-11(4-8)21-13(14,15)20-10/h2-6H,1H3,(H,18,19). The zero-order chi connectivity index (χ0) is 15.0. The molecule has 2 heterocycles. The van der Waals surface area contributed by atoms with E-state index >= 15 is 0 Å². The first-order valence-electron chi connectivity index (χ1n) is 5.93. The number of halogens is 2. The van der Waals surface area contributed by atoms with Crippen molar-refractivity contribution in [3.63, 3.8) is 0 Å². The lowest BCUT2D eigenvalue weighted by molar-refractivity contribution is -0.286. The van der Waals surface area contributed by atoms with Crippen LogP contribution in [0.3, 0.4) is 0 Å². The van der Waals surface area contributed by atoms with Gasteiger partial charge in [0.25, 0.3) is 5.91 Å². The molecule has 0 bridgehead atoms. The number of carbonyl (C=O) groups is 1. The van der Waals surface area contributed by atoms with E-state index in [0.29, 0.717) is 5.69 Å². The highest BCUT2D eigenvalue weighted by Gasteiger charge is 2.43. The molecule has 0 radical (unpaired) electrons. The Bertz CT molecular complexity index is 704. The topological polar surface area (TPSA) is 73.3 Å². The Kier molecular flexibility index (Phi) is 2.93. The van der Waals surface area contributed by atoms with E-state index in [1.54, 1.807) is 6.92 Å². The molecule has 3 rings (SSSR count). The third-order valence-electron chi connectivity index (χ3n) is 2.67. The van der Waals surface area contributed by atoms with E-state index in [1.165, 1.54) is 30.6 Å². The largest absolute Gasteiger partial charge is 0.586 e. The molecule has 1 aliphatic heterocycles. The number of aromatic nitrogens is 2. The van der Waals surface area contributed by atoms with Crippen LogP contribution in [0.15, 0.2) is 30.6 Å². The van der Waals surface area contributed by atoms with Gasteiger partial charge in [0.2, 0.25) is 0 Å². The summed E-state index contributed by atoms with van der Waals surface area (Å²) in [4.78, 5) is 19.8. The number of alkyl halides is 2. The number of carbonyl (C=O) groups excluding carboxylic acids is 1. The molecule has 1 N–H and O–H groups in total. The number of anilines is 1. The summed E-state index contributed by atoms with van der Waals surface area (Å²) >= 11 is 0. The maximum Gasteiger partial charge on any atom is 0.586 e. The number of amides is 1. The number of aryl methyl sites for hydroxylation is 1. The molecular weight excluding hydrogens is 284 g/mol. The second-order valence-corrected chi connectivity index (χ2v) is 4.33. The molecule has 2 aromatic rings. The second-order valence-electron chi connectivity index (χ2n) is 4.33. The summed E-state index contributed by atoms with van der Waals surface area (Å²) in [7, 11) is 0. The molecule has 0 unspecified atom stereocenters. The van der Waals surface area contributed by atoms with Crippen molar-refractivity contribution in [2.24, 2.45) is 0 Å². The fraction of sp³-hybridized carbons (Fsp3) is 0.154. The zero-order valence-electron chi connectivity index (χ0n) is 10.8. The first-order valence-corrected chi connectivity index (χ1v) is 5.93. The van der Waals surface area contributed by atoms with E-state index in [1.807, 2.05) is 0 Å². The third-order valence-corrected chi connectivity index (χ3v) is 2.67. The number of benzene rings is 1. The Morgan fingerprint density at radius 3 is 2.67 bits per heavy atom. The fourth-order valence-electron chi connectivity index (χ4n) is 1.73. The molecule has 0 spiro atoms. The molecule has 108 valence electrons. The maximum absolute atomic E-state index is 12.9. The maximum atomic E-state index is 12.9. The number of rotatable bonds is 2. The van der Waals surface area contributed by atoms with Gasteiger partial charge in [0, 0.05) is 18.0 Å². The average Bonchev–Trinajstić information content (AvgIpc) is 2.72. The van der Waals surface area contributed by atoms with Crippen LogP contribution < -0.4 is 14.8 Å². The second kappa shape index (κ2) is 4.65. The Balaban J connectivity index is 1.77. The summed E-state index contributed by atoms with van der Waals surface area (Å²) in [6.45, 7) is 1.74. The summed E-state index contributed by atoms with van der Waals surface area (Å²) in [5, 5.41) is 2.51. The van der Waals surface area contributed by atoms with Crippen LogP contribution in [0, 0.1) is 6.92 Å². The smallest absolute Gasteiger partial charge is 0.395 e. The van der Waals surface area contributed by atoms with E-state index < -0.39 is 12.2 Å². The SMILES string of the molecule is Cc1cnc(C(=O)Nc2ccc3c(c2)OC(F)(F)O3)cn1. The van der Waals surface area contributed by atoms with Gasteiger partial charge < -0.3 is 14.8 Å². The van der Waals surface area contributed by atoms with Crippen LogP contribution in [0.2, 0.25) is 0 Å². The fourth-order valence-corrected chi connectivity index (χ4v) is 1.73. The lowest BCUT2D eigenvalue weighted by Crippen LogP contribution is -2.25. The molecule has 0 aliphatic carbocycles. The molecule has 0 fully saturated rings. The number of nitrogens with one attached hydrogen (secondary N) is 1. The van der Waals surface area contributed by atoms with Crippen molar-refractivity contribution >= 4 is 11.6 Å². The van der Waals surface area contributed by atoms with E-state index in [-0.39, 0.29) is 22.9 Å². The molecule has 0 saturated heterocycles. The van der Waals surface area contributed by atoms with Crippen molar-refractivity contribution in [2.45, 2.75) is 13.2 Å². The van der Waals surface area contributed by atoms with Gasteiger partial charge in [-0.2, -0.15) is 0 Å². The lowest BCUT2D eigenvalue weighted by Gasteiger charge is -2.05. The predicted molar refractivity (Wildman–Crippen MR) is 67.4 cm³/mol. The van der Waals surface area contributed by atoms with Gasteiger partial charge in [0.1, 0.15) is 5.69 Å². The monoisotopic (exact) mass is 293 g/mol. The number of hydrogen-bond donors (Lipinski definition) is 1. The van der Waals surface area contributed by atoms with Crippen LogP contribution in [0.25, 0.3) is 0 Å². The quantitative estimate of drug-likeness (QED) is 0.920. The predicted octanol–water partition coefficient (Wildman–Crippen LogP) is 2.36. The normalized spacial score (nSPS) is 14.8. The highest BCUT2D eigenvalue weighted by atomic mass is 19.3. The Hall–Kier alpha value is -2.77. The molecule has 0 atom stereocenters. The van der Waals surface area contributed by atoms with Crippen molar-refractivity contribution in [1.29, 1.82) is 0 Å². The first-order chi connectivity index (χ1) is 9.93. The van der Waals surface area contributed by atoms with E-state index in [2.05, 4.69) is 24.8 Å². The van der Waals surface area contributed by atoms with Gasteiger partial charge in [-0.15, -0.1) is 8.78 Å². The Morgan fingerprint density at radius 2 is 1.95 bits per heavy atom. The van der Waals surface area contributed by atoms with Gasteiger partial charge in [-0.05, 0) is 19.1 Å². The summed E-state index contributed by atoms with van der Waals surface area (Å²) in [5.41, 5.74) is 1.07. The Morgan fingerprint density at radius 1 is 1.19 bits per heavy atom.